The zero-order valence-electron chi connectivity index (χ0n) is 5.26. The van der Waals surface area contributed by atoms with Crippen LogP contribution in [0.4, 0.5) is 4.79 Å². The van der Waals surface area contributed by atoms with Gasteiger partial charge in [0, 0.05) is 4.83 Å². The Bertz CT molecular complexity index is 95.0. The lowest BCUT2D eigenvalue weighted by Crippen LogP contribution is -2.14. The number of alkyl halides is 1. The molecular weight excluding hydrogens is 186 g/mol. The Hall–Kier alpha value is -0.250. The van der Waals surface area contributed by atoms with Crippen LogP contribution in [0.1, 0.15) is 13.3 Å². The van der Waals surface area contributed by atoms with E-state index in [2.05, 4.69) is 20.7 Å². The first-order valence-corrected chi connectivity index (χ1v) is 3.61. The van der Waals surface area contributed by atoms with E-state index in [-0.39, 0.29) is 0 Å². The molecule has 0 rings (SSSR count). The maximum Gasteiger partial charge on any atom is 0.404 e. The Morgan fingerprint density at radius 2 is 2.44 bits per heavy atom. The number of ether oxygens (including phenoxy) is 1. The summed E-state index contributed by atoms with van der Waals surface area (Å²) >= 11 is 3.29. The maximum atomic E-state index is 9.97. The summed E-state index contributed by atoms with van der Waals surface area (Å²) in [6.45, 7) is 2.37. The number of amides is 1. The summed E-state index contributed by atoms with van der Waals surface area (Å²) < 4.78 is 4.46. The summed E-state index contributed by atoms with van der Waals surface area (Å²) in [5, 5.41) is 0. The smallest absolute Gasteiger partial charge is 0.404 e. The molecular formula is C5H10BrNO2. The summed E-state index contributed by atoms with van der Waals surface area (Å²) in [5.74, 6) is 0. The Morgan fingerprint density at radius 1 is 1.89 bits per heavy atom. The quantitative estimate of drug-likeness (QED) is 0.690. The van der Waals surface area contributed by atoms with Crippen LogP contribution in [0, 0.1) is 0 Å². The average molecular weight is 196 g/mol. The number of nitrogens with two attached hydrogens (primary N) is 1. The van der Waals surface area contributed by atoms with Crippen molar-refractivity contribution in [2.75, 3.05) is 6.61 Å². The molecule has 3 nitrogen and oxygen atoms in total. The molecule has 1 unspecified atom stereocenters. The Labute approximate surface area is 62.7 Å². The van der Waals surface area contributed by atoms with Crippen LogP contribution in [0.25, 0.3) is 0 Å². The van der Waals surface area contributed by atoms with Gasteiger partial charge in [0.15, 0.2) is 0 Å². The number of halogens is 1. The first-order valence-electron chi connectivity index (χ1n) is 2.69. The van der Waals surface area contributed by atoms with Crippen LogP contribution in [0.2, 0.25) is 0 Å². The molecule has 0 aliphatic rings. The van der Waals surface area contributed by atoms with Crippen molar-refractivity contribution in [3.63, 3.8) is 0 Å². The van der Waals surface area contributed by atoms with Crippen LogP contribution in [-0.2, 0) is 4.74 Å². The fourth-order valence-electron chi connectivity index (χ4n) is 0.322. The lowest BCUT2D eigenvalue weighted by molar-refractivity contribution is 0.155. The summed E-state index contributed by atoms with van der Waals surface area (Å²) in [5.41, 5.74) is 4.70. The van der Waals surface area contributed by atoms with E-state index >= 15 is 0 Å². The third-order valence-corrected chi connectivity index (χ3v) is 1.22. The fourth-order valence-corrected chi connectivity index (χ4v) is 0.509. The van der Waals surface area contributed by atoms with Crippen molar-refractivity contribution in [1.82, 2.24) is 0 Å². The van der Waals surface area contributed by atoms with Gasteiger partial charge in [-0.3, -0.25) is 0 Å². The molecule has 54 valence electrons. The van der Waals surface area contributed by atoms with Crippen molar-refractivity contribution >= 4 is 22.0 Å². The van der Waals surface area contributed by atoms with Crippen molar-refractivity contribution in [2.45, 2.75) is 18.2 Å². The summed E-state index contributed by atoms with van der Waals surface area (Å²) in [7, 11) is 0. The monoisotopic (exact) mass is 195 g/mol. The standard InChI is InChI=1S/C5H10BrNO2/c1-4(6)2-3-9-5(7)8/h4H,2-3H2,1H3,(H2,7,8). The lowest BCUT2D eigenvalue weighted by atomic mass is 10.4. The van der Waals surface area contributed by atoms with Gasteiger partial charge in [-0.25, -0.2) is 4.79 Å². The number of rotatable bonds is 3. The van der Waals surface area contributed by atoms with Crippen LogP contribution in [0.3, 0.4) is 0 Å². The Morgan fingerprint density at radius 3 is 2.78 bits per heavy atom. The number of hydrogen-bond donors (Lipinski definition) is 1. The molecule has 2 N–H and O–H groups in total. The molecule has 0 saturated carbocycles. The van der Waals surface area contributed by atoms with E-state index in [4.69, 9.17) is 5.73 Å². The van der Waals surface area contributed by atoms with E-state index in [1.807, 2.05) is 6.92 Å². The van der Waals surface area contributed by atoms with Gasteiger partial charge in [-0.05, 0) is 6.42 Å². The summed E-state index contributed by atoms with van der Waals surface area (Å²) in [6.07, 6.45) is 0.0892. The SMILES string of the molecule is CC(Br)CCOC(N)=O. The van der Waals surface area contributed by atoms with Gasteiger partial charge in [-0.2, -0.15) is 0 Å². The number of carbonyl (C=O) groups is 1. The highest BCUT2D eigenvalue weighted by Crippen LogP contribution is 2.01. The molecule has 0 aromatic carbocycles. The second kappa shape index (κ2) is 4.61. The first-order chi connectivity index (χ1) is 4.13. The minimum Gasteiger partial charge on any atom is -0.450 e. The van der Waals surface area contributed by atoms with Crippen LogP contribution in [0.5, 0.6) is 0 Å². The van der Waals surface area contributed by atoms with Gasteiger partial charge in [-0.1, -0.05) is 22.9 Å². The second-order valence-electron chi connectivity index (χ2n) is 1.74. The van der Waals surface area contributed by atoms with E-state index in [1.54, 1.807) is 0 Å². The Kier molecular flexibility index (Phi) is 4.48. The third-order valence-electron chi connectivity index (χ3n) is 0.760. The summed E-state index contributed by atoms with van der Waals surface area (Å²) in [6, 6.07) is 0. The molecule has 0 aliphatic heterocycles. The van der Waals surface area contributed by atoms with E-state index in [9.17, 15) is 4.79 Å². The van der Waals surface area contributed by atoms with Crippen molar-refractivity contribution in [1.29, 1.82) is 0 Å². The topological polar surface area (TPSA) is 52.3 Å². The molecule has 1 atom stereocenters. The molecule has 0 bridgehead atoms. The minimum atomic E-state index is -0.705. The molecule has 4 heteroatoms. The average Bonchev–Trinajstić information content (AvgIpc) is 1.63. The maximum absolute atomic E-state index is 9.97. The highest BCUT2D eigenvalue weighted by atomic mass is 79.9. The van der Waals surface area contributed by atoms with Crippen molar-refractivity contribution in [3.8, 4) is 0 Å². The van der Waals surface area contributed by atoms with Gasteiger partial charge in [0.05, 0.1) is 6.61 Å². The Balaban J connectivity index is 3.01. The molecule has 0 heterocycles. The van der Waals surface area contributed by atoms with Gasteiger partial charge < -0.3 is 10.5 Å². The van der Waals surface area contributed by atoms with E-state index in [0.29, 0.717) is 11.4 Å². The molecule has 0 aliphatic carbocycles. The predicted octanol–water partition coefficient (Wildman–Crippen LogP) is 1.26. The molecule has 0 aromatic rings. The van der Waals surface area contributed by atoms with E-state index < -0.39 is 6.09 Å². The molecule has 1 amide bonds. The van der Waals surface area contributed by atoms with Gasteiger partial charge in [-0.15, -0.1) is 0 Å². The lowest BCUT2D eigenvalue weighted by Gasteiger charge is -2.01. The zero-order valence-corrected chi connectivity index (χ0v) is 6.85. The molecule has 9 heavy (non-hydrogen) atoms. The van der Waals surface area contributed by atoms with Gasteiger partial charge in [0.1, 0.15) is 0 Å². The van der Waals surface area contributed by atoms with Gasteiger partial charge >= 0.3 is 6.09 Å². The normalized spacial score (nSPS) is 12.7. The second-order valence-corrected chi connectivity index (χ2v) is 3.30. The number of hydrogen-bond acceptors (Lipinski definition) is 2. The molecule has 0 spiro atoms. The molecule has 0 fully saturated rings. The third kappa shape index (κ3) is 7.75. The van der Waals surface area contributed by atoms with Crippen LogP contribution < -0.4 is 5.73 Å². The summed E-state index contributed by atoms with van der Waals surface area (Å²) in [4.78, 5) is 10.3. The van der Waals surface area contributed by atoms with Crippen molar-refractivity contribution in [2.24, 2.45) is 5.73 Å². The van der Waals surface area contributed by atoms with Gasteiger partial charge in [0.2, 0.25) is 0 Å². The predicted molar refractivity (Wildman–Crippen MR) is 38.5 cm³/mol. The van der Waals surface area contributed by atoms with Crippen LogP contribution >= 0.6 is 15.9 Å². The van der Waals surface area contributed by atoms with Crippen LogP contribution in [0.15, 0.2) is 0 Å². The van der Waals surface area contributed by atoms with E-state index in [0.717, 1.165) is 6.42 Å². The molecule has 0 aromatic heterocycles. The molecule has 0 radical (unpaired) electrons. The first kappa shape index (κ1) is 8.75. The largest absolute Gasteiger partial charge is 0.450 e. The minimum absolute atomic E-state index is 0.372. The highest BCUT2D eigenvalue weighted by molar-refractivity contribution is 9.09. The zero-order chi connectivity index (χ0) is 7.28. The van der Waals surface area contributed by atoms with Crippen molar-refractivity contribution < 1.29 is 9.53 Å². The number of primary amides is 1. The number of carbonyl (C=O) groups excluding carboxylic acids is 1. The van der Waals surface area contributed by atoms with Gasteiger partial charge in [0.25, 0.3) is 0 Å². The highest BCUT2D eigenvalue weighted by Gasteiger charge is 1.96. The van der Waals surface area contributed by atoms with Crippen LogP contribution in [-0.4, -0.2) is 17.5 Å². The van der Waals surface area contributed by atoms with Crippen molar-refractivity contribution in [3.05, 3.63) is 0 Å². The van der Waals surface area contributed by atoms with E-state index in [1.165, 1.54) is 0 Å². The molecule has 0 saturated heterocycles. The fraction of sp³-hybridized carbons (Fsp3) is 0.800.